The summed E-state index contributed by atoms with van der Waals surface area (Å²) in [5, 5.41) is 0.512. The molecular weight excluding hydrogens is 422 g/mol. The van der Waals surface area contributed by atoms with E-state index in [9.17, 15) is 22.0 Å². The number of hydrogen-bond donors (Lipinski definition) is 1. The van der Waals surface area contributed by atoms with Gasteiger partial charge in [0.05, 0.1) is 0 Å². The fourth-order valence-electron chi connectivity index (χ4n) is 2.56. The van der Waals surface area contributed by atoms with Crippen LogP contribution in [0.2, 0.25) is 5.02 Å². The Morgan fingerprint density at radius 3 is 2.17 bits per heavy atom. The molecule has 3 rings (SSSR count). The molecule has 1 N–H and O–H groups in total. The van der Waals surface area contributed by atoms with Gasteiger partial charge in [0, 0.05) is 35.1 Å². The molecule has 0 aliphatic heterocycles. The minimum absolute atomic E-state index is 0.157. The van der Waals surface area contributed by atoms with E-state index in [1.54, 1.807) is 31.3 Å². The van der Waals surface area contributed by atoms with E-state index in [2.05, 4.69) is 4.72 Å². The second-order valence-corrected chi connectivity index (χ2v) is 8.19. The topological polar surface area (TPSA) is 66.5 Å². The maximum atomic E-state index is 13.8. The molecule has 0 bridgehead atoms. The second-order valence-electron chi connectivity index (χ2n) is 6.10. The van der Waals surface area contributed by atoms with Crippen LogP contribution in [-0.2, 0) is 10.0 Å². The van der Waals surface area contributed by atoms with Gasteiger partial charge in [-0.25, -0.2) is 17.2 Å². The lowest BCUT2D eigenvalue weighted by atomic mass is 10.2. The highest BCUT2D eigenvalue weighted by atomic mass is 35.5. The predicted octanol–water partition coefficient (Wildman–Crippen LogP) is 4.70. The molecule has 3 aromatic rings. The first-order chi connectivity index (χ1) is 13.7. The van der Waals surface area contributed by atoms with E-state index in [-0.39, 0.29) is 11.6 Å². The summed E-state index contributed by atoms with van der Waals surface area (Å²) < 4.78 is 53.6. The Morgan fingerprint density at radius 2 is 1.59 bits per heavy atom. The minimum Gasteiger partial charge on any atom is -0.311 e. The molecule has 3 aromatic carbocycles. The van der Waals surface area contributed by atoms with Crippen LogP contribution in [0.15, 0.2) is 71.6 Å². The summed E-state index contributed by atoms with van der Waals surface area (Å²) in [5.41, 5.74) is 1.11. The minimum atomic E-state index is -4.24. The van der Waals surface area contributed by atoms with Gasteiger partial charge in [-0.1, -0.05) is 11.6 Å². The Morgan fingerprint density at radius 1 is 0.966 bits per heavy atom. The highest BCUT2D eigenvalue weighted by Crippen LogP contribution is 2.23. The van der Waals surface area contributed by atoms with Crippen LogP contribution < -0.4 is 9.62 Å². The van der Waals surface area contributed by atoms with Crippen LogP contribution in [0, 0.1) is 11.6 Å². The molecular formula is C20H15ClF2N2O3S. The van der Waals surface area contributed by atoms with Crippen molar-refractivity contribution in [2.75, 3.05) is 16.7 Å². The summed E-state index contributed by atoms with van der Waals surface area (Å²) in [6, 6.07) is 14.5. The predicted molar refractivity (Wildman–Crippen MR) is 108 cm³/mol. The number of benzene rings is 3. The van der Waals surface area contributed by atoms with Gasteiger partial charge in [0.25, 0.3) is 15.9 Å². The SMILES string of the molecule is CN(C(=O)c1ccc(Cl)cc1)c1ccc(NS(=O)(=O)c2ccc(F)cc2F)cc1. The summed E-state index contributed by atoms with van der Waals surface area (Å²) in [6.07, 6.45) is 0. The standard InChI is InChI=1S/C20H15ClF2N2O3S/c1-25(20(26)13-2-4-14(21)5-3-13)17-9-7-16(8-10-17)24-29(27,28)19-11-6-15(22)12-18(19)23/h2-12,24H,1H3. The molecule has 0 aliphatic carbocycles. The lowest BCUT2D eigenvalue weighted by molar-refractivity contribution is 0.0993. The van der Waals surface area contributed by atoms with Gasteiger partial charge < -0.3 is 4.90 Å². The Kier molecular flexibility index (Phi) is 5.86. The molecule has 0 spiro atoms. The van der Waals surface area contributed by atoms with Crippen LogP contribution in [0.3, 0.4) is 0 Å². The Bertz CT molecular complexity index is 1150. The molecule has 0 unspecified atom stereocenters. The summed E-state index contributed by atoms with van der Waals surface area (Å²) in [6.45, 7) is 0. The number of amides is 1. The zero-order valence-electron chi connectivity index (χ0n) is 15.1. The van der Waals surface area contributed by atoms with Crippen molar-refractivity contribution in [3.63, 3.8) is 0 Å². The van der Waals surface area contributed by atoms with Crippen LogP contribution in [0.4, 0.5) is 20.2 Å². The van der Waals surface area contributed by atoms with Gasteiger partial charge in [0.2, 0.25) is 0 Å². The fraction of sp³-hybridized carbons (Fsp3) is 0.0500. The van der Waals surface area contributed by atoms with Gasteiger partial charge >= 0.3 is 0 Å². The number of anilines is 2. The first-order valence-electron chi connectivity index (χ1n) is 8.29. The highest BCUT2D eigenvalue weighted by molar-refractivity contribution is 7.92. The third-order valence-electron chi connectivity index (χ3n) is 4.09. The van der Waals surface area contributed by atoms with E-state index in [0.717, 1.165) is 12.1 Å². The van der Waals surface area contributed by atoms with Crippen molar-refractivity contribution in [2.45, 2.75) is 4.90 Å². The van der Waals surface area contributed by atoms with Gasteiger partial charge in [0.15, 0.2) is 0 Å². The van der Waals surface area contributed by atoms with Gasteiger partial charge in [-0.2, -0.15) is 0 Å². The summed E-state index contributed by atoms with van der Waals surface area (Å²) in [4.78, 5) is 13.2. The molecule has 29 heavy (non-hydrogen) atoms. The van der Waals surface area contributed by atoms with Crippen molar-refractivity contribution in [1.82, 2.24) is 0 Å². The Hall–Kier alpha value is -2.97. The van der Waals surface area contributed by atoms with Gasteiger partial charge in [-0.15, -0.1) is 0 Å². The third kappa shape index (κ3) is 4.72. The number of nitrogens with zero attached hydrogens (tertiary/aromatic N) is 1. The van der Waals surface area contributed by atoms with Crippen LogP contribution in [-0.4, -0.2) is 21.4 Å². The molecule has 0 atom stereocenters. The van der Waals surface area contributed by atoms with Crippen molar-refractivity contribution < 1.29 is 22.0 Å². The first kappa shape index (κ1) is 20.8. The lowest BCUT2D eigenvalue weighted by Gasteiger charge is -2.18. The second kappa shape index (κ2) is 8.18. The van der Waals surface area contributed by atoms with E-state index >= 15 is 0 Å². The van der Waals surface area contributed by atoms with Crippen molar-refractivity contribution in [2.24, 2.45) is 0 Å². The van der Waals surface area contributed by atoms with E-state index in [1.807, 2.05) is 0 Å². The molecule has 0 aliphatic rings. The smallest absolute Gasteiger partial charge is 0.264 e. The van der Waals surface area contributed by atoms with Crippen molar-refractivity contribution >= 4 is 38.9 Å². The average Bonchev–Trinajstić information content (AvgIpc) is 2.67. The Balaban J connectivity index is 1.77. The van der Waals surface area contributed by atoms with E-state index < -0.39 is 26.6 Å². The van der Waals surface area contributed by atoms with Crippen molar-refractivity contribution in [3.05, 3.63) is 89.0 Å². The fourth-order valence-corrected chi connectivity index (χ4v) is 3.80. The lowest BCUT2D eigenvalue weighted by Crippen LogP contribution is -2.26. The van der Waals surface area contributed by atoms with E-state index in [0.29, 0.717) is 22.3 Å². The molecule has 0 heterocycles. The third-order valence-corrected chi connectivity index (χ3v) is 5.75. The monoisotopic (exact) mass is 436 g/mol. The number of sulfonamides is 1. The largest absolute Gasteiger partial charge is 0.311 e. The van der Waals surface area contributed by atoms with Crippen LogP contribution in [0.25, 0.3) is 0 Å². The molecule has 1 amide bonds. The molecule has 0 saturated carbocycles. The number of carbonyl (C=O) groups is 1. The number of hydrogen-bond acceptors (Lipinski definition) is 3. The zero-order valence-corrected chi connectivity index (χ0v) is 16.6. The van der Waals surface area contributed by atoms with E-state index in [4.69, 9.17) is 11.6 Å². The maximum Gasteiger partial charge on any atom is 0.264 e. The molecule has 0 fully saturated rings. The van der Waals surface area contributed by atoms with Crippen LogP contribution in [0.1, 0.15) is 10.4 Å². The molecule has 0 aromatic heterocycles. The number of carbonyl (C=O) groups excluding carboxylic acids is 1. The number of nitrogens with one attached hydrogen (secondary N) is 1. The first-order valence-corrected chi connectivity index (χ1v) is 10.1. The van der Waals surface area contributed by atoms with Crippen molar-refractivity contribution in [3.8, 4) is 0 Å². The zero-order chi connectivity index (χ0) is 21.2. The normalized spacial score (nSPS) is 11.2. The maximum absolute atomic E-state index is 13.8. The Labute approximate surface area is 171 Å². The van der Waals surface area contributed by atoms with Crippen LogP contribution in [0.5, 0.6) is 0 Å². The average molecular weight is 437 g/mol. The molecule has 0 saturated heterocycles. The molecule has 5 nitrogen and oxygen atoms in total. The summed E-state index contributed by atoms with van der Waals surface area (Å²) in [5.74, 6) is -2.34. The molecule has 150 valence electrons. The number of halogens is 3. The summed E-state index contributed by atoms with van der Waals surface area (Å²) in [7, 11) is -2.67. The van der Waals surface area contributed by atoms with Gasteiger partial charge in [-0.3, -0.25) is 9.52 Å². The summed E-state index contributed by atoms with van der Waals surface area (Å²) >= 11 is 5.82. The highest BCUT2D eigenvalue weighted by Gasteiger charge is 2.20. The quantitative estimate of drug-likeness (QED) is 0.630. The van der Waals surface area contributed by atoms with E-state index in [1.165, 1.54) is 29.2 Å². The molecule has 0 radical (unpaired) electrons. The van der Waals surface area contributed by atoms with Crippen molar-refractivity contribution in [1.29, 1.82) is 0 Å². The molecule has 9 heteroatoms. The van der Waals surface area contributed by atoms with Crippen LogP contribution >= 0.6 is 11.6 Å². The van der Waals surface area contributed by atoms with Gasteiger partial charge in [-0.05, 0) is 60.7 Å². The number of rotatable bonds is 5. The van der Waals surface area contributed by atoms with Gasteiger partial charge in [0.1, 0.15) is 16.5 Å².